The first kappa shape index (κ1) is 87.5. The standard InChI is InChI=1S/C71H134O17P2/c1-7-10-12-14-15-16-17-18-20-24-27-30-36-42-48-54-69(74)82-60-67(88-70(75)55-49-43-37-31-28-25-22-19-21-23-26-29-34-40-45-51-63(4)5)62-86-90(79,80)84-58-65(72)57-83-89(77,78)85-61-66(59-81-68(73)53-47-39-13-11-8-2)87-71(76)56-50-44-38-33-32-35-41-46-52-64(6)9-3/h16-18,20,63-67,72H,7-15,19,21-62H2,1-6H3,(H,77,78)(H,79,80)/b17-16-,20-18-/t64?,65-,66+,67+/m0/s1. The molecule has 0 radical (unpaired) electrons. The molecule has 0 aliphatic heterocycles. The van der Waals surface area contributed by atoms with Gasteiger partial charge in [-0.25, -0.2) is 9.13 Å². The molecule has 0 fully saturated rings. The van der Waals surface area contributed by atoms with Gasteiger partial charge in [0.15, 0.2) is 12.2 Å². The number of phosphoric ester groups is 2. The number of phosphoric acid groups is 2. The zero-order valence-corrected chi connectivity index (χ0v) is 59.7. The largest absolute Gasteiger partial charge is 0.472 e. The van der Waals surface area contributed by atoms with E-state index in [2.05, 4.69) is 65.8 Å². The monoisotopic (exact) mass is 1320 g/mol. The van der Waals surface area contributed by atoms with Gasteiger partial charge in [0.05, 0.1) is 26.4 Å². The van der Waals surface area contributed by atoms with Gasteiger partial charge in [0.2, 0.25) is 0 Å². The maximum atomic E-state index is 13.0. The molecule has 530 valence electrons. The lowest BCUT2D eigenvalue weighted by Gasteiger charge is -2.21. The average Bonchev–Trinajstić information content (AvgIpc) is 3.66. The van der Waals surface area contributed by atoms with E-state index in [-0.39, 0.29) is 25.7 Å². The van der Waals surface area contributed by atoms with E-state index in [0.29, 0.717) is 25.7 Å². The minimum Gasteiger partial charge on any atom is -0.462 e. The number of rotatable bonds is 68. The van der Waals surface area contributed by atoms with E-state index in [4.69, 9.17) is 37.0 Å². The minimum absolute atomic E-state index is 0.101. The smallest absolute Gasteiger partial charge is 0.462 e. The van der Waals surface area contributed by atoms with Gasteiger partial charge >= 0.3 is 39.5 Å². The molecule has 0 amide bonds. The number of unbranched alkanes of at least 4 members (excludes halogenated alkanes) is 34. The topological polar surface area (TPSA) is 237 Å². The summed E-state index contributed by atoms with van der Waals surface area (Å²) in [5, 5.41) is 10.6. The van der Waals surface area contributed by atoms with Crippen LogP contribution in [0.3, 0.4) is 0 Å². The molecule has 3 N–H and O–H groups in total. The number of aliphatic hydroxyl groups excluding tert-OH is 1. The maximum Gasteiger partial charge on any atom is 0.472 e. The van der Waals surface area contributed by atoms with Crippen LogP contribution in [0.15, 0.2) is 24.3 Å². The summed E-state index contributed by atoms with van der Waals surface area (Å²) in [7, 11) is -9.90. The van der Waals surface area contributed by atoms with E-state index in [1.807, 2.05) is 0 Å². The second kappa shape index (κ2) is 62.6. The number of ether oxygens (including phenoxy) is 4. The maximum absolute atomic E-state index is 13.0. The van der Waals surface area contributed by atoms with Crippen LogP contribution in [-0.2, 0) is 65.4 Å². The Morgan fingerprint density at radius 1 is 0.367 bits per heavy atom. The highest BCUT2D eigenvalue weighted by Crippen LogP contribution is 2.45. The highest BCUT2D eigenvalue weighted by atomic mass is 31.2. The van der Waals surface area contributed by atoms with E-state index >= 15 is 0 Å². The van der Waals surface area contributed by atoms with Crippen LogP contribution >= 0.6 is 15.6 Å². The third kappa shape index (κ3) is 63.0. The highest BCUT2D eigenvalue weighted by molar-refractivity contribution is 7.47. The summed E-state index contributed by atoms with van der Waals surface area (Å²) in [6.07, 6.45) is 51.1. The first-order valence-electron chi connectivity index (χ1n) is 36.3. The van der Waals surface area contributed by atoms with Crippen LogP contribution in [0.5, 0.6) is 0 Å². The molecule has 0 aromatic rings. The van der Waals surface area contributed by atoms with Crippen molar-refractivity contribution in [2.24, 2.45) is 11.8 Å². The lowest BCUT2D eigenvalue weighted by molar-refractivity contribution is -0.161. The van der Waals surface area contributed by atoms with Crippen LogP contribution in [0.4, 0.5) is 0 Å². The van der Waals surface area contributed by atoms with Crippen molar-refractivity contribution in [2.45, 2.75) is 355 Å². The second-order valence-corrected chi connectivity index (χ2v) is 28.6. The number of esters is 4. The molecule has 3 unspecified atom stereocenters. The summed E-state index contributed by atoms with van der Waals surface area (Å²) in [6.45, 7) is 9.42. The molecule has 17 nitrogen and oxygen atoms in total. The van der Waals surface area contributed by atoms with Crippen molar-refractivity contribution in [1.82, 2.24) is 0 Å². The predicted molar refractivity (Wildman–Crippen MR) is 363 cm³/mol. The number of aliphatic hydroxyl groups is 1. The fourth-order valence-electron chi connectivity index (χ4n) is 10.2. The molecule has 0 spiro atoms. The summed E-state index contributed by atoms with van der Waals surface area (Å²) in [6, 6.07) is 0. The average molecular weight is 1320 g/mol. The van der Waals surface area contributed by atoms with Crippen LogP contribution in [0.25, 0.3) is 0 Å². The van der Waals surface area contributed by atoms with Crippen molar-refractivity contribution in [3.05, 3.63) is 24.3 Å². The quantitative estimate of drug-likeness (QED) is 0.0169. The zero-order valence-electron chi connectivity index (χ0n) is 57.9. The van der Waals surface area contributed by atoms with E-state index in [0.717, 1.165) is 127 Å². The first-order valence-corrected chi connectivity index (χ1v) is 39.3. The SMILES string of the molecule is CCCCCC/C=C\C=C/CCCCCCCC(=O)OC[C@H](COP(=O)(O)OC[C@@H](O)COP(=O)(O)OC[C@@H](COC(=O)CCCCCCC)OC(=O)CCCCCCCCCCC(C)CC)OC(=O)CCCCCCCCCCCCCCCCCC(C)C. The summed E-state index contributed by atoms with van der Waals surface area (Å²) in [4.78, 5) is 72.3. The van der Waals surface area contributed by atoms with Gasteiger partial charge in [-0.1, -0.05) is 284 Å². The molecular formula is C71H134O17P2. The Hall–Kier alpha value is -2.46. The molecule has 0 saturated carbocycles. The molecule has 0 saturated heterocycles. The summed E-state index contributed by atoms with van der Waals surface area (Å²) in [5.74, 6) is -0.597. The Bertz CT molecular complexity index is 1850. The van der Waals surface area contributed by atoms with E-state index in [9.17, 15) is 43.2 Å². The van der Waals surface area contributed by atoms with Gasteiger partial charge in [-0.15, -0.1) is 0 Å². The van der Waals surface area contributed by atoms with Crippen molar-refractivity contribution in [2.75, 3.05) is 39.6 Å². The normalized spacial score (nSPS) is 14.6. The van der Waals surface area contributed by atoms with Crippen LogP contribution in [0.2, 0.25) is 0 Å². The van der Waals surface area contributed by atoms with Gasteiger partial charge < -0.3 is 33.8 Å². The highest BCUT2D eigenvalue weighted by Gasteiger charge is 2.30. The Balaban J connectivity index is 5.20. The van der Waals surface area contributed by atoms with Crippen LogP contribution in [-0.4, -0.2) is 96.7 Å². The number of allylic oxidation sites excluding steroid dienone is 4. The zero-order chi connectivity index (χ0) is 66.5. The predicted octanol–water partition coefficient (Wildman–Crippen LogP) is 19.9. The van der Waals surface area contributed by atoms with Gasteiger partial charge in [-0.05, 0) is 63.2 Å². The van der Waals surface area contributed by atoms with E-state index in [1.165, 1.54) is 128 Å². The van der Waals surface area contributed by atoms with Crippen molar-refractivity contribution in [1.29, 1.82) is 0 Å². The van der Waals surface area contributed by atoms with Gasteiger partial charge in [0.1, 0.15) is 19.3 Å². The van der Waals surface area contributed by atoms with Crippen LogP contribution < -0.4 is 0 Å². The van der Waals surface area contributed by atoms with E-state index < -0.39 is 97.5 Å². The molecule has 0 aliphatic carbocycles. The van der Waals surface area contributed by atoms with Gasteiger partial charge in [0.25, 0.3) is 0 Å². The molecule has 19 heteroatoms. The molecule has 90 heavy (non-hydrogen) atoms. The van der Waals surface area contributed by atoms with Crippen molar-refractivity contribution in [3.63, 3.8) is 0 Å². The molecule has 6 atom stereocenters. The first-order chi connectivity index (χ1) is 43.4. The summed E-state index contributed by atoms with van der Waals surface area (Å²) in [5.41, 5.74) is 0. The Morgan fingerprint density at radius 3 is 1.00 bits per heavy atom. The molecule has 0 bridgehead atoms. The second-order valence-electron chi connectivity index (χ2n) is 25.7. The molecule has 0 heterocycles. The van der Waals surface area contributed by atoms with Gasteiger partial charge in [0, 0.05) is 25.7 Å². The Labute approximate surface area is 548 Å². The molecule has 0 rings (SSSR count). The molecular weight excluding hydrogens is 1190 g/mol. The fourth-order valence-corrected chi connectivity index (χ4v) is 11.8. The van der Waals surface area contributed by atoms with Gasteiger partial charge in [-0.2, -0.15) is 0 Å². The lowest BCUT2D eigenvalue weighted by atomic mass is 9.99. The van der Waals surface area contributed by atoms with Crippen molar-refractivity contribution < 1.29 is 80.2 Å². The fraction of sp³-hybridized carbons (Fsp3) is 0.887. The Kier molecular flexibility index (Phi) is 60.9. The number of hydrogen-bond acceptors (Lipinski definition) is 15. The van der Waals surface area contributed by atoms with Crippen molar-refractivity contribution >= 4 is 39.5 Å². The number of hydrogen-bond donors (Lipinski definition) is 3. The van der Waals surface area contributed by atoms with Gasteiger partial charge in [-0.3, -0.25) is 37.3 Å². The minimum atomic E-state index is -4.96. The molecule has 0 aromatic heterocycles. The third-order valence-electron chi connectivity index (χ3n) is 16.2. The van der Waals surface area contributed by atoms with E-state index in [1.54, 1.807) is 0 Å². The summed E-state index contributed by atoms with van der Waals surface area (Å²) >= 11 is 0. The molecule has 0 aliphatic rings. The Morgan fingerprint density at radius 2 is 0.656 bits per heavy atom. The van der Waals surface area contributed by atoms with Crippen LogP contribution in [0.1, 0.15) is 337 Å². The lowest BCUT2D eigenvalue weighted by Crippen LogP contribution is -2.30. The molecule has 0 aromatic carbocycles. The number of carbonyl (C=O) groups excluding carboxylic acids is 4. The third-order valence-corrected chi connectivity index (χ3v) is 18.1. The van der Waals surface area contributed by atoms with Crippen LogP contribution in [0, 0.1) is 11.8 Å². The van der Waals surface area contributed by atoms with Crippen molar-refractivity contribution in [3.8, 4) is 0 Å². The number of carbonyl (C=O) groups is 4. The summed E-state index contributed by atoms with van der Waals surface area (Å²) < 4.78 is 68.1.